The van der Waals surface area contributed by atoms with Crippen molar-refractivity contribution in [2.75, 3.05) is 13.1 Å². The fraction of sp³-hybridized carbons (Fsp3) is 1.00. The van der Waals surface area contributed by atoms with Gasteiger partial charge in [0.2, 0.25) is 0 Å². The first kappa shape index (κ1) is 25.5. The van der Waals surface area contributed by atoms with Crippen LogP contribution in [0.5, 0.6) is 0 Å². The van der Waals surface area contributed by atoms with Crippen LogP contribution in [0.25, 0.3) is 0 Å². The molecule has 0 rings (SSSR count). The molecule has 0 fully saturated rings. The van der Waals surface area contributed by atoms with E-state index in [2.05, 4.69) is 0 Å². The predicted octanol–water partition coefficient (Wildman–Crippen LogP) is -10.2. The SMILES string of the molecule is NCCCN.[Cu+2].[O-][Cl+3]([O-])([O-])[O-].[O-][Cl+3]([O-])([O-])[O-]. The summed E-state index contributed by atoms with van der Waals surface area (Å²) in [4.78, 5) is 0. The molecule has 0 saturated carbocycles. The molecule has 10 nitrogen and oxygen atoms in total. The zero-order valence-corrected chi connectivity index (χ0v) is 10.1. The number of hydrogen-bond acceptors (Lipinski definition) is 10. The monoisotopic (exact) mass is 335 g/mol. The van der Waals surface area contributed by atoms with E-state index in [1.54, 1.807) is 0 Å². The summed E-state index contributed by atoms with van der Waals surface area (Å²) in [6.07, 6.45) is 0.944. The molecule has 0 amide bonds. The number of hydrogen-bond donors (Lipinski definition) is 2. The minimum Gasteiger partial charge on any atom is -0.330 e. The Balaban J connectivity index is -0.0000000655. The van der Waals surface area contributed by atoms with Gasteiger partial charge in [-0.25, -0.2) is 37.3 Å². The zero-order chi connectivity index (χ0) is 13.1. The Morgan fingerprint density at radius 2 is 0.750 bits per heavy atom. The standard InChI is InChI=1S/C3H10N2.2ClHO4.Cu/c4-2-1-3-5;2*2-1(3,4)5;/h1-5H2;2*(H,2,3,4,5);/q;;;+2/p-2. The summed E-state index contributed by atoms with van der Waals surface area (Å²) in [6.45, 7) is 1.44. The van der Waals surface area contributed by atoms with Gasteiger partial charge in [-0.05, 0) is 19.5 Å². The minimum absolute atomic E-state index is 0. The maximum Gasteiger partial charge on any atom is 2.00 e. The Kier molecular flexibility index (Phi) is 22.0. The Bertz CT molecular complexity index is 103. The molecular weight excluding hydrogens is 326 g/mol. The van der Waals surface area contributed by atoms with Crippen LogP contribution in [0.1, 0.15) is 6.42 Å². The minimum atomic E-state index is -4.94. The van der Waals surface area contributed by atoms with Crippen molar-refractivity contribution in [3.63, 3.8) is 0 Å². The van der Waals surface area contributed by atoms with Crippen LogP contribution in [-0.2, 0) is 17.1 Å². The quantitative estimate of drug-likeness (QED) is 0.451. The van der Waals surface area contributed by atoms with Crippen molar-refractivity contribution in [2.24, 2.45) is 11.5 Å². The van der Waals surface area contributed by atoms with Crippen LogP contribution in [0.4, 0.5) is 0 Å². The van der Waals surface area contributed by atoms with Crippen LogP contribution in [0, 0.1) is 20.5 Å². The second-order valence-electron chi connectivity index (χ2n) is 1.69. The first-order valence-electron chi connectivity index (χ1n) is 3.05. The van der Waals surface area contributed by atoms with Gasteiger partial charge in [0, 0.05) is 0 Å². The van der Waals surface area contributed by atoms with E-state index in [9.17, 15) is 0 Å². The van der Waals surface area contributed by atoms with Gasteiger partial charge in [-0.1, -0.05) is 0 Å². The maximum atomic E-state index is 8.49. The summed E-state index contributed by atoms with van der Waals surface area (Å²) < 4.78 is 67.9. The van der Waals surface area contributed by atoms with E-state index >= 15 is 0 Å². The van der Waals surface area contributed by atoms with Gasteiger partial charge in [0.15, 0.2) is 0 Å². The van der Waals surface area contributed by atoms with E-state index in [1.165, 1.54) is 0 Å². The molecule has 105 valence electrons. The van der Waals surface area contributed by atoms with Crippen LogP contribution in [0.3, 0.4) is 0 Å². The van der Waals surface area contributed by atoms with E-state index < -0.39 is 20.5 Å². The van der Waals surface area contributed by atoms with Gasteiger partial charge in [-0.15, -0.1) is 20.5 Å². The van der Waals surface area contributed by atoms with Crippen molar-refractivity contribution in [3.05, 3.63) is 0 Å². The van der Waals surface area contributed by atoms with Gasteiger partial charge in [0.05, 0.1) is 0 Å². The van der Waals surface area contributed by atoms with E-state index in [4.69, 9.17) is 48.7 Å². The summed E-state index contributed by atoms with van der Waals surface area (Å²) in [6, 6.07) is 0. The molecule has 0 unspecified atom stereocenters. The van der Waals surface area contributed by atoms with E-state index in [0.717, 1.165) is 19.5 Å². The zero-order valence-electron chi connectivity index (χ0n) is 7.60. The molecular formula is C3H10Cl2CuN2O8. The molecule has 13 heteroatoms. The second kappa shape index (κ2) is 13.8. The third-order valence-corrected chi connectivity index (χ3v) is 0.408. The smallest absolute Gasteiger partial charge is 0.330 e. The normalized spacial score (nSPS) is 10.1. The topological polar surface area (TPSA) is 237 Å². The van der Waals surface area contributed by atoms with Crippen molar-refractivity contribution in [1.82, 2.24) is 0 Å². The van der Waals surface area contributed by atoms with Gasteiger partial charge < -0.3 is 11.5 Å². The number of halogens is 2. The van der Waals surface area contributed by atoms with Crippen LogP contribution in [0.2, 0.25) is 0 Å². The predicted molar refractivity (Wildman–Crippen MR) is 22.7 cm³/mol. The van der Waals surface area contributed by atoms with E-state index in [1.807, 2.05) is 0 Å². The Hall–Kier alpha value is 0.699. The van der Waals surface area contributed by atoms with Gasteiger partial charge in [-0.2, -0.15) is 0 Å². The fourth-order valence-electron chi connectivity index (χ4n) is 0.118. The first-order chi connectivity index (χ1) is 6.41. The van der Waals surface area contributed by atoms with Crippen LogP contribution >= 0.6 is 0 Å². The molecule has 0 heterocycles. The molecule has 16 heavy (non-hydrogen) atoms. The molecule has 0 aromatic rings. The molecule has 0 aliphatic rings. The summed E-state index contributed by atoms with van der Waals surface area (Å²) in [5.74, 6) is 0. The van der Waals surface area contributed by atoms with Crippen molar-refractivity contribution in [2.45, 2.75) is 6.42 Å². The van der Waals surface area contributed by atoms with E-state index in [-0.39, 0.29) is 17.1 Å². The average Bonchev–Trinajstić information content (AvgIpc) is 1.80. The Morgan fingerprint density at radius 1 is 0.625 bits per heavy atom. The van der Waals surface area contributed by atoms with Crippen molar-refractivity contribution < 1.29 is 74.8 Å². The summed E-state index contributed by atoms with van der Waals surface area (Å²) in [5.41, 5.74) is 10.1. The Labute approximate surface area is 106 Å². The largest absolute Gasteiger partial charge is 2.00 e. The average molecular weight is 337 g/mol. The molecule has 0 aromatic carbocycles. The molecule has 0 bridgehead atoms. The molecule has 1 radical (unpaired) electrons. The summed E-state index contributed by atoms with van der Waals surface area (Å²) in [7, 11) is -9.89. The number of nitrogens with two attached hydrogens (primary N) is 2. The maximum absolute atomic E-state index is 8.49. The molecule has 0 saturated heterocycles. The third-order valence-electron chi connectivity index (χ3n) is 0.408. The molecule has 4 N–H and O–H groups in total. The first-order valence-corrected chi connectivity index (χ1v) is 5.52. The van der Waals surface area contributed by atoms with Crippen LogP contribution in [0.15, 0.2) is 0 Å². The van der Waals surface area contributed by atoms with Gasteiger partial charge in [-0.3, -0.25) is 0 Å². The molecule has 0 aliphatic heterocycles. The van der Waals surface area contributed by atoms with Gasteiger partial charge in [0.1, 0.15) is 0 Å². The van der Waals surface area contributed by atoms with E-state index in [0.29, 0.717) is 0 Å². The Morgan fingerprint density at radius 3 is 0.750 bits per heavy atom. The number of rotatable bonds is 2. The van der Waals surface area contributed by atoms with Crippen LogP contribution in [-0.4, -0.2) is 13.1 Å². The van der Waals surface area contributed by atoms with Crippen LogP contribution < -0.4 is 48.7 Å². The second-order valence-corrected chi connectivity index (χ2v) is 3.20. The van der Waals surface area contributed by atoms with Crippen molar-refractivity contribution >= 4 is 0 Å². The van der Waals surface area contributed by atoms with Crippen molar-refractivity contribution in [1.29, 1.82) is 0 Å². The molecule has 0 atom stereocenters. The third kappa shape index (κ3) is 379. The van der Waals surface area contributed by atoms with Crippen molar-refractivity contribution in [3.8, 4) is 0 Å². The molecule has 0 aliphatic carbocycles. The summed E-state index contributed by atoms with van der Waals surface area (Å²) in [5, 5.41) is 0. The molecule has 0 aromatic heterocycles. The van der Waals surface area contributed by atoms with Gasteiger partial charge >= 0.3 is 17.1 Å². The fourth-order valence-corrected chi connectivity index (χ4v) is 0.118. The summed E-state index contributed by atoms with van der Waals surface area (Å²) >= 11 is 0. The molecule has 0 spiro atoms. The van der Waals surface area contributed by atoms with Gasteiger partial charge in [0.25, 0.3) is 0 Å².